The number of thioether (sulfide) groups is 1. The SMILES string of the molecule is CC(C)C(NC(=O)CCCCCC(=O)ON1C(=O)CCC1=O)C(=O)NC(CCCNC(N)=O)C(=O)Nc1ccc(CSCCCCCC(NC(=O)[C@H]2CCC(=O)N2)C(=O)Nc2ccccc2)cc1. The van der Waals surface area contributed by atoms with Crippen LogP contribution in [0.15, 0.2) is 54.6 Å². The van der Waals surface area contributed by atoms with Crippen molar-refractivity contribution >= 4 is 82.4 Å². The van der Waals surface area contributed by atoms with Crippen LogP contribution in [-0.2, 0) is 53.7 Å². The Morgan fingerprint density at radius 1 is 0.721 bits per heavy atom. The van der Waals surface area contributed by atoms with Crippen LogP contribution in [0.25, 0.3) is 0 Å². The molecule has 0 aromatic heterocycles. The fraction of sp³-hybridized carbons (Fsp3) is 0.532. The van der Waals surface area contributed by atoms with E-state index in [1.807, 2.05) is 30.3 Å². The first-order valence-corrected chi connectivity index (χ1v) is 24.4. The number of hydrogen-bond donors (Lipinski definition) is 8. The number of anilines is 2. The van der Waals surface area contributed by atoms with E-state index in [-0.39, 0.29) is 68.7 Å². The van der Waals surface area contributed by atoms with E-state index in [1.54, 1.807) is 49.9 Å². The Labute approximate surface area is 400 Å². The molecule has 0 saturated carbocycles. The number of benzene rings is 2. The van der Waals surface area contributed by atoms with E-state index >= 15 is 0 Å². The number of primary amides is 1. The Kier molecular flexibility index (Phi) is 22.8. The Bertz CT molecular complexity index is 2060. The van der Waals surface area contributed by atoms with Crippen molar-refractivity contribution in [2.24, 2.45) is 11.7 Å². The molecule has 3 unspecified atom stereocenters. The summed E-state index contributed by atoms with van der Waals surface area (Å²) in [5, 5.41) is 19.7. The molecule has 9 N–H and O–H groups in total. The molecule has 2 fully saturated rings. The molecule has 10 amide bonds. The number of hydroxylamine groups is 2. The second-order valence-corrected chi connectivity index (χ2v) is 18.2. The van der Waals surface area contributed by atoms with Crippen LogP contribution in [0.1, 0.15) is 116 Å². The van der Waals surface area contributed by atoms with Crippen molar-refractivity contribution in [3.63, 3.8) is 0 Å². The van der Waals surface area contributed by atoms with Gasteiger partial charge in [-0.1, -0.05) is 63.4 Å². The Balaban J connectivity index is 1.19. The maximum absolute atomic E-state index is 13.6. The van der Waals surface area contributed by atoms with Crippen LogP contribution in [0.3, 0.4) is 0 Å². The van der Waals surface area contributed by atoms with E-state index in [4.69, 9.17) is 10.6 Å². The molecule has 0 aliphatic carbocycles. The van der Waals surface area contributed by atoms with Gasteiger partial charge in [-0.15, -0.1) is 5.06 Å². The summed E-state index contributed by atoms with van der Waals surface area (Å²) in [6.07, 6.45) is 5.26. The molecular weight excluding hydrogens is 899 g/mol. The molecule has 4 atom stereocenters. The third-order valence-corrected chi connectivity index (χ3v) is 12.2. The van der Waals surface area contributed by atoms with E-state index in [0.717, 1.165) is 24.2 Å². The number of rotatable bonds is 29. The molecule has 4 rings (SSSR count). The van der Waals surface area contributed by atoms with Crippen molar-refractivity contribution in [3.8, 4) is 0 Å². The van der Waals surface area contributed by atoms with Gasteiger partial charge in [0.25, 0.3) is 11.8 Å². The fourth-order valence-corrected chi connectivity index (χ4v) is 8.28. The number of amides is 10. The van der Waals surface area contributed by atoms with Gasteiger partial charge in [-0.25, -0.2) is 9.59 Å². The summed E-state index contributed by atoms with van der Waals surface area (Å²) in [6, 6.07) is 12.2. The van der Waals surface area contributed by atoms with Gasteiger partial charge in [0.1, 0.15) is 24.2 Å². The second-order valence-electron chi connectivity index (χ2n) is 17.1. The van der Waals surface area contributed by atoms with Crippen molar-refractivity contribution in [2.45, 2.75) is 140 Å². The summed E-state index contributed by atoms with van der Waals surface area (Å²) >= 11 is 1.74. The summed E-state index contributed by atoms with van der Waals surface area (Å²) < 4.78 is 0. The van der Waals surface area contributed by atoms with Crippen molar-refractivity contribution in [1.82, 2.24) is 31.6 Å². The lowest BCUT2D eigenvalue weighted by Gasteiger charge is -2.25. The molecule has 0 spiro atoms. The largest absolute Gasteiger partial charge is 0.352 e. The summed E-state index contributed by atoms with van der Waals surface area (Å²) in [4.78, 5) is 129. The lowest BCUT2D eigenvalue weighted by Crippen LogP contribution is -2.54. The van der Waals surface area contributed by atoms with Crippen LogP contribution < -0.4 is 43.0 Å². The number of hydrogen-bond acceptors (Lipinski definition) is 12. The number of carbonyl (C=O) groups excluding carboxylic acids is 10. The molecule has 2 aromatic carbocycles. The maximum Gasteiger partial charge on any atom is 0.333 e. The molecule has 0 bridgehead atoms. The van der Waals surface area contributed by atoms with Gasteiger partial charge in [0.2, 0.25) is 35.4 Å². The quantitative estimate of drug-likeness (QED) is 0.0430. The first-order valence-electron chi connectivity index (χ1n) is 23.2. The van der Waals surface area contributed by atoms with Crippen LogP contribution in [0.5, 0.6) is 0 Å². The maximum atomic E-state index is 13.6. The van der Waals surface area contributed by atoms with Gasteiger partial charge < -0.3 is 47.8 Å². The number of nitrogens with zero attached hydrogens (tertiary/aromatic N) is 1. The standard InChI is InChI=1S/C47H65N9O11S/c1-30(2)42(55-37(57)17-9-4-10-18-41(61)67-56-39(59)25-26-40(56)60)46(65)54-35(16-12-27-49-47(48)66)44(63)51-33-21-19-31(20-22-33)29-68-28-11-5-8-15-34(43(62)50-32-13-6-3-7-14-32)53-45(64)36-23-24-38(58)52-36/h3,6-7,13-14,19-22,30,34-36,42H,4-5,8-12,15-18,23-29H2,1-2H3,(H,50,62)(H,51,63)(H,52,58)(H,53,64)(H,54,65)(H,55,57)(H3,48,49,66)/t34?,35?,36-,42?/m1/s1. The number of para-hydroxylation sites is 1. The van der Waals surface area contributed by atoms with Gasteiger partial charge in [-0.3, -0.25) is 38.4 Å². The lowest BCUT2D eigenvalue weighted by atomic mass is 10.0. The molecule has 2 aromatic rings. The highest BCUT2D eigenvalue weighted by molar-refractivity contribution is 7.98. The summed E-state index contributed by atoms with van der Waals surface area (Å²) in [5.74, 6) is -2.92. The van der Waals surface area contributed by atoms with Gasteiger partial charge in [0.15, 0.2) is 0 Å². The average molecular weight is 964 g/mol. The van der Waals surface area contributed by atoms with Gasteiger partial charge in [-0.05, 0) is 86.4 Å². The minimum absolute atomic E-state index is 0.000642. The Hall–Kier alpha value is -6.51. The Morgan fingerprint density at radius 2 is 1.34 bits per heavy atom. The monoisotopic (exact) mass is 963 g/mol. The van der Waals surface area contributed by atoms with Crippen molar-refractivity contribution in [1.29, 1.82) is 0 Å². The number of imide groups is 1. The molecule has 21 heteroatoms. The zero-order valence-corrected chi connectivity index (χ0v) is 39.6. The highest BCUT2D eigenvalue weighted by atomic mass is 32.2. The van der Waals surface area contributed by atoms with Gasteiger partial charge in [0, 0.05) is 55.8 Å². The lowest BCUT2D eigenvalue weighted by molar-refractivity contribution is -0.197. The van der Waals surface area contributed by atoms with Crippen molar-refractivity contribution < 1.29 is 52.8 Å². The van der Waals surface area contributed by atoms with E-state index in [9.17, 15) is 47.9 Å². The summed E-state index contributed by atoms with van der Waals surface area (Å²) in [7, 11) is 0. The smallest absolute Gasteiger partial charge is 0.333 e. The van der Waals surface area contributed by atoms with Crippen LogP contribution in [-0.4, -0.2) is 101 Å². The highest BCUT2D eigenvalue weighted by Gasteiger charge is 2.33. The molecule has 20 nitrogen and oxygen atoms in total. The van der Waals surface area contributed by atoms with Crippen molar-refractivity contribution in [2.75, 3.05) is 22.9 Å². The predicted octanol–water partition coefficient (Wildman–Crippen LogP) is 3.45. The summed E-state index contributed by atoms with van der Waals surface area (Å²) in [5.41, 5.74) is 7.36. The van der Waals surface area contributed by atoms with Crippen LogP contribution in [0.2, 0.25) is 0 Å². The molecule has 0 radical (unpaired) electrons. The average Bonchev–Trinajstić information content (AvgIpc) is 3.89. The zero-order valence-electron chi connectivity index (χ0n) is 38.7. The van der Waals surface area contributed by atoms with E-state index in [2.05, 4.69) is 37.2 Å². The normalized spacial score (nSPS) is 15.7. The number of carbonyl (C=O) groups is 10. The van der Waals surface area contributed by atoms with Crippen LogP contribution >= 0.6 is 11.8 Å². The first kappa shape index (κ1) is 54.1. The Morgan fingerprint density at radius 3 is 1.97 bits per heavy atom. The predicted molar refractivity (Wildman–Crippen MR) is 254 cm³/mol. The van der Waals surface area contributed by atoms with E-state index in [0.29, 0.717) is 67.1 Å². The zero-order chi connectivity index (χ0) is 49.4. The molecule has 2 aliphatic rings. The molecule has 68 heavy (non-hydrogen) atoms. The minimum Gasteiger partial charge on any atom is -0.352 e. The fourth-order valence-electron chi connectivity index (χ4n) is 7.30. The molecule has 2 heterocycles. The van der Waals surface area contributed by atoms with Crippen molar-refractivity contribution in [3.05, 3.63) is 60.2 Å². The number of nitrogens with two attached hydrogens (primary N) is 1. The molecule has 2 aliphatic heterocycles. The number of unbranched alkanes of at least 4 members (excludes halogenated alkanes) is 4. The topological polar surface area (TPSA) is 293 Å². The van der Waals surface area contributed by atoms with Gasteiger partial charge in [-0.2, -0.15) is 11.8 Å². The van der Waals surface area contributed by atoms with Crippen LogP contribution in [0, 0.1) is 5.92 Å². The highest BCUT2D eigenvalue weighted by Crippen LogP contribution is 2.20. The van der Waals surface area contributed by atoms with Gasteiger partial charge >= 0.3 is 12.0 Å². The number of urea groups is 1. The second kappa shape index (κ2) is 28.6. The van der Waals surface area contributed by atoms with Gasteiger partial charge in [0.05, 0.1) is 0 Å². The molecular formula is C47H65N9O11S. The first-order chi connectivity index (χ1) is 32.6. The molecule has 2 saturated heterocycles. The van der Waals surface area contributed by atoms with E-state index < -0.39 is 65.7 Å². The molecule has 370 valence electrons. The van der Waals surface area contributed by atoms with E-state index in [1.165, 1.54) is 0 Å². The third-order valence-electron chi connectivity index (χ3n) is 11.1. The van der Waals surface area contributed by atoms with Crippen LogP contribution in [0.4, 0.5) is 16.2 Å². The number of nitrogens with one attached hydrogen (secondary N) is 7. The third kappa shape index (κ3) is 19.4. The summed E-state index contributed by atoms with van der Waals surface area (Å²) in [6.45, 7) is 3.69. The minimum atomic E-state index is -1.02.